The normalized spacial score (nSPS) is 11.3. The summed E-state index contributed by atoms with van der Waals surface area (Å²) < 4.78 is 20.0. The van der Waals surface area contributed by atoms with Crippen LogP contribution in [0.25, 0.3) is 0 Å². The highest BCUT2D eigenvalue weighted by Gasteiger charge is 2.32. The third-order valence-electron chi connectivity index (χ3n) is 5.02. The Labute approximate surface area is 170 Å². The van der Waals surface area contributed by atoms with Gasteiger partial charge >= 0.3 is 5.97 Å². The molecule has 0 radical (unpaired) electrons. The van der Waals surface area contributed by atoms with E-state index in [4.69, 9.17) is 4.74 Å². The Bertz CT molecular complexity index is 970. The summed E-state index contributed by atoms with van der Waals surface area (Å²) in [5, 5.41) is 0. The van der Waals surface area contributed by atoms with Gasteiger partial charge in [-0.15, -0.1) is 0 Å². The van der Waals surface area contributed by atoms with Gasteiger partial charge in [-0.2, -0.15) is 0 Å². The third kappa shape index (κ3) is 4.39. The molecule has 2 rings (SSSR count). The molecule has 156 valence electrons. The molecule has 0 N–H and O–H groups in total. The average Bonchev–Trinajstić information content (AvgIpc) is 2.86. The summed E-state index contributed by atoms with van der Waals surface area (Å²) in [5.41, 5.74) is 1.29. The number of amides is 1. The zero-order valence-electron chi connectivity index (χ0n) is 17.9. The van der Waals surface area contributed by atoms with Gasteiger partial charge in [0, 0.05) is 29.4 Å². The molecule has 0 aliphatic carbocycles. The number of methoxy groups -OCH3 is 1. The minimum atomic E-state index is -0.680. The second-order valence-corrected chi connectivity index (χ2v) is 7.98. The van der Waals surface area contributed by atoms with E-state index < -0.39 is 23.2 Å². The Hall–Kier alpha value is -2.96. The van der Waals surface area contributed by atoms with Crippen molar-refractivity contribution < 1.29 is 23.5 Å². The number of nitrogens with zero attached hydrogens (tertiary/aromatic N) is 2. The van der Waals surface area contributed by atoms with E-state index in [9.17, 15) is 18.8 Å². The SMILES string of the molecule is COC(=O)c1c(C)c(C(=O)CN(C(=O)c2cccc(F)c2)C(C)(C)C)c(C)n1C. The number of rotatable bonds is 5. The predicted octanol–water partition coefficient (Wildman–Crippen LogP) is 3.69. The lowest BCUT2D eigenvalue weighted by Crippen LogP contribution is -2.48. The highest BCUT2D eigenvalue weighted by atomic mass is 19.1. The molecule has 0 bridgehead atoms. The lowest BCUT2D eigenvalue weighted by atomic mass is 10.00. The van der Waals surface area contributed by atoms with E-state index in [1.54, 1.807) is 25.5 Å². The molecule has 1 amide bonds. The number of Topliss-reactive ketones (excluding diaryl/α,β-unsaturated/α-hetero) is 1. The maximum atomic E-state index is 13.6. The van der Waals surface area contributed by atoms with Gasteiger partial charge in [0.25, 0.3) is 5.91 Å². The molecule has 0 fully saturated rings. The number of hydrogen-bond donors (Lipinski definition) is 0. The maximum Gasteiger partial charge on any atom is 0.354 e. The van der Waals surface area contributed by atoms with E-state index >= 15 is 0 Å². The van der Waals surface area contributed by atoms with Crippen molar-refractivity contribution in [3.05, 3.63) is 58.2 Å². The molecule has 2 aromatic rings. The molecule has 0 spiro atoms. The zero-order valence-corrected chi connectivity index (χ0v) is 17.9. The summed E-state index contributed by atoms with van der Waals surface area (Å²) in [5.74, 6) is -1.79. The van der Waals surface area contributed by atoms with Crippen LogP contribution in [-0.4, -0.2) is 46.3 Å². The Kier molecular flexibility index (Phi) is 6.30. The number of benzene rings is 1. The number of hydrogen-bond acceptors (Lipinski definition) is 4. The Balaban J connectivity index is 2.45. The molecule has 0 saturated carbocycles. The lowest BCUT2D eigenvalue weighted by molar-refractivity contribution is 0.0545. The van der Waals surface area contributed by atoms with Crippen LogP contribution in [0.4, 0.5) is 4.39 Å². The van der Waals surface area contributed by atoms with Crippen LogP contribution in [-0.2, 0) is 11.8 Å². The van der Waals surface area contributed by atoms with E-state index in [-0.39, 0.29) is 17.9 Å². The summed E-state index contributed by atoms with van der Waals surface area (Å²) >= 11 is 0. The van der Waals surface area contributed by atoms with Crippen molar-refractivity contribution in [2.24, 2.45) is 7.05 Å². The number of halogens is 1. The van der Waals surface area contributed by atoms with Gasteiger partial charge in [0.05, 0.1) is 13.7 Å². The summed E-state index contributed by atoms with van der Waals surface area (Å²) in [4.78, 5) is 39.7. The highest BCUT2D eigenvalue weighted by molar-refractivity contribution is 6.06. The van der Waals surface area contributed by atoms with E-state index in [2.05, 4.69) is 0 Å². The second kappa shape index (κ2) is 8.19. The summed E-state index contributed by atoms with van der Waals surface area (Å²) in [6.07, 6.45) is 0. The molecule has 1 aromatic carbocycles. The first-order valence-corrected chi connectivity index (χ1v) is 9.25. The third-order valence-corrected chi connectivity index (χ3v) is 5.02. The van der Waals surface area contributed by atoms with Gasteiger partial charge in [0.15, 0.2) is 5.78 Å². The Morgan fingerprint density at radius 3 is 2.31 bits per heavy atom. The lowest BCUT2D eigenvalue weighted by Gasteiger charge is -2.35. The molecular weight excluding hydrogens is 375 g/mol. The fraction of sp³-hybridized carbons (Fsp3) is 0.409. The van der Waals surface area contributed by atoms with Crippen molar-refractivity contribution >= 4 is 17.7 Å². The molecular formula is C22H27FN2O4. The summed E-state index contributed by atoms with van der Waals surface area (Å²) in [6, 6.07) is 5.39. The first-order chi connectivity index (χ1) is 13.4. The van der Waals surface area contributed by atoms with Crippen molar-refractivity contribution in [3.8, 4) is 0 Å². The average molecular weight is 402 g/mol. The van der Waals surface area contributed by atoms with E-state index in [1.807, 2.05) is 20.8 Å². The smallest absolute Gasteiger partial charge is 0.354 e. The molecule has 0 saturated heterocycles. The first-order valence-electron chi connectivity index (χ1n) is 9.25. The maximum absolute atomic E-state index is 13.6. The van der Waals surface area contributed by atoms with Crippen molar-refractivity contribution in [1.82, 2.24) is 9.47 Å². The van der Waals surface area contributed by atoms with Crippen LogP contribution >= 0.6 is 0 Å². The van der Waals surface area contributed by atoms with Gasteiger partial charge in [-0.1, -0.05) is 6.07 Å². The number of aromatic nitrogens is 1. The van der Waals surface area contributed by atoms with Crippen LogP contribution in [0.15, 0.2) is 24.3 Å². The minimum absolute atomic E-state index is 0.171. The zero-order chi connectivity index (χ0) is 22.1. The highest BCUT2D eigenvalue weighted by Crippen LogP contribution is 2.25. The van der Waals surface area contributed by atoms with Gasteiger partial charge in [-0.05, 0) is 58.4 Å². The number of ketones is 1. The van der Waals surface area contributed by atoms with Crippen LogP contribution < -0.4 is 0 Å². The molecule has 29 heavy (non-hydrogen) atoms. The monoisotopic (exact) mass is 402 g/mol. The van der Waals surface area contributed by atoms with Gasteiger partial charge < -0.3 is 14.2 Å². The molecule has 0 aliphatic heterocycles. The molecule has 1 aromatic heterocycles. The van der Waals surface area contributed by atoms with Crippen molar-refractivity contribution in [2.45, 2.75) is 40.2 Å². The molecule has 0 atom stereocenters. The van der Waals surface area contributed by atoms with Gasteiger partial charge in [-0.25, -0.2) is 9.18 Å². The fourth-order valence-corrected chi connectivity index (χ4v) is 3.39. The van der Waals surface area contributed by atoms with E-state index in [1.165, 1.54) is 30.2 Å². The Morgan fingerprint density at radius 2 is 1.79 bits per heavy atom. The van der Waals surface area contributed by atoms with Gasteiger partial charge in [0.1, 0.15) is 11.5 Å². The largest absolute Gasteiger partial charge is 0.464 e. The fourth-order valence-electron chi connectivity index (χ4n) is 3.39. The molecule has 6 nitrogen and oxygen atoms in total. The van der Waals surface area contributed by atoms with Crippen molar-refractivity contribution in [1.29, 1.82) is 0 Å². The molecule has 0 aliphatic rings. The number of esters is 1. The molecule has 7 heteroatoms. The van der Waals surface area contributed by atoms with Crippen LogP contribution in [0, 0.1) is 19.7 Å². The van der Waals surface area contributed by atoms with E-state index in [0.29, 0.717) is 22.5 Å². The van der Waals surface area contributed by atoms with E-state index in [0.717, 1.165) is 6.07 Å². The Morgan fingerprint density at radius 1 is 1.17 bits per heavy atom. The van der Waals surface area contributed by atoms with Crippen LogP contribution in [0.2, 0.25) is 0 Å². The topological polar surface area (TPSA) is 68.6 Å². The standard InChI is InChI=1S/C22H27FN2O4/c1-13-18(14(2)24(6)19(13)21(28)29-7)17(26)12-25(22(3,4)5)20(27)15-9-8-10-16(23)11-15/h8-11H,12H2,1-7H3. The second-order valence-electron chi connectivity index (χ2n) is 7.98. The number of carbonyl (C=O) groups excluding carboxylic acids is 3. The minimum Gasteiger partial charge on any atom is -0.464 e. The number of ether oxygens (including phenoxy) is 1. The molecule has 0 unspecified atom stereocenters. The van der Waals surface area contributed by atoms with Crippen molar-refractivity contribution in [3.63, 3.8) is 0 Å². The van der Waals surface area contributed by atoms with Crippen LogP contribution in [0.5, 0.6) is 0 Å². The van der Waals surface area contributed by atoms with Crippen LogP contribution in [0.1, 0.15) is 63.2 Å². The predicted molar refractivity (Wildman–Crippen MR) is 108 cm³/mol. The van der Waals surface area contributed by atoms with Gasteiger partial charge in [-0.3, -0.25) is 9.59 Å². The van der Waals surface area contributed by atoms with Crippen LogP contribution in [0.3, 0.4) is 0 Å². The number of carbonyl (C=O) groups is 3. The van der Waals surface area contributed by atoms with Crippen molar-refractivity contribution in [2.75, 3.05) is 13.7 Å². The molecule has 1 heterocycles. The first kappa shape index (κ1) is 22.3. The summed E-state index contributed by atoms with van der Waals surface area (Å²) in [7, 11) is 2.97. The quantitative estimate of drug-likeness (QED) is 0.565. The summed E-state index contributed by atoms with van der Waals surface area (Å²) in [6.45, 7) is 8.64. The van der Waals surface area contributed by atoms with Gasteiger partial charge in [0.2, 0.25) is 0 Å².